The van der Waals surface area contributed by atoms with Crippen molar-refractivity contribution < 1.29 is 28.6 Å². The third kappa shape index (κ3) is 45.5. The lowest BCUT2D eigenvalue weighted by molar-refractivity contribution is -0.167. The quantitative estimate of drug-likeness (QED) is 0.0346. The summed E-state index contributed by atoms with van der Waals surface area (Å²) >= 11 is 0. The molecule has 0 aromatic rings. The summed E-state index contributed by atoms with van der Waals surface area (Å²) in [6, 6.07) is 0. The smallest absolute Gasteiger partial charge is 0.306 e. The molecule has 6 nitrogen and oxygen atoms in total. The summed E-state index contributed by atoms with van der Waals surface area (Å²) in [4.78, 5) is 37.8. The second-order valence-corrected chi connectivity index (χ2v) is 19.2. The number of ether oxygens (including phenoxy) is 3. The van der Waals surface area contributed by atoms with Crippen molar-refractivity contribution >= 4 is 17.9 Å². The largest absolute Gasteiger partial charge is 0.462 e. The Labute approximate surface area is 361 Å². The molecule has 0 bridgehead atoms. The molecule has 344 valence electrons. The van der Waals surface area contributed by atoms with Crippen molar-refractivity contribution in [3.8, 4) is 0 Å². The number of rotatable bonds is 45. The average molecular weight is 821 g/mol. The number of carbonyl (C=O) groups excluding carboxylic acids is 3. The lowest BCUT2D eigenvalue weighted by Gasteiger charge is -2.18. The Balaban J connectivity index is 4.23. The summed E-state index contributed by atoms with van der Waals surface area (Å²) < 4.78 is 16.8. The first-order chi connectivity index (χ1) is 28.1. The molecule has 0 aliphatic heterocycles. The van der Waals surface area contributed by atoms with E-state index in [-0.39, 0.29) is 31.1 Å². The van der Waals surface area contributed by atoms with Crippen molar-refractivity contribution in [3.63, 3.8) is 0 Å². The summed E-state index contributed by atoms with van der Waals surface area (Å²) in [5.74, 6) is 1.57. The van der Waals surface area contributed by atoms with Crippen LogP contribution < -0.4 is 0 Å². The maximum absolute atomic E-state index is 12.7. The predicted octanol–water partition coefficient (Wildman–Crippen LogP) is 16.4. The Morgan fingerprint density at radius 2 is 0.500 bits per heavy atom. The fourth-order valence-corrected chi connectivity index (χ4v) is 7.76. The zero-order chi connectivity index (χ0) is 42.7. The normalized spacial score (nSPS) is 12.2. The molecular formula is C52H100O6. The van der Waals surface area contributed by atoms with E-state index in [2.05, 4.69) is 41.5 Å². The first-order valence-electron chi connectivity index (χ1n) is 25.6. The van der Waals surface area contributed by atoms with Gasteiger partial charge in [-0.3, -0.25) is 14.4 Å². The molecule has 0 saturated heterocycles. The van der Waals surface area contributed by atoms with Gasteiger partial charge in [0.05, 0.1) is 0 Å². The van der Waals surface area contributed by atoms with E-state index in [0.29, 0.717) is 19.3 Å². The molecule has 1 atom stereocenters. The van der Waals surface area contributed by atoms with E-state index >= 15 is 0 Å². The van der Waals surface area contributed by atoms with Crippen LogP contribution in [0.4, 0.5) is 0 Å². The predicted molar refractivity (Wildman–Crippen MR) is 247 cm³/mol. The molecule has 0 aliphatic carbocycles. The molecule has 0 spiro atoms. The lowest BCUT2D eigenvalue weighted by Crippen LogP contribution is -2.30. The van der Waals surface area contributed by atoms with Gasteiger partial charge >= 0.3 is 17.9 Å². The summed E-state index contributed by atoms with van der Waals surface area (Å²) in [6.07, 6.45) is 42.5. The molecular weight excluding hydrogens is 721 g/mol. The monoisotopic (exact) mass is 821 g/mol. The third-order valence-corrected chi connectivity index (χ3v) is 11.6. The molecule has 0 amide bonds. The van der Waals surface area contributed by atoms with E-state index in [1.54, 1.807) is 0 Å². The van der Waals surface area contributed by atoms with Crippen LogP contribution in [0.15, 0.2) is 0 Å². The van der Waals surface area contributed by atoms with Gasteiger partial charge in [-0.1, -0.05) is 241 Å². The Morgan fingerprint density at radius 3 is 0.741 bits per heavy atom. The number of esters is 3. The van der Waals surface area contributed by atoms with Crippen molar-refractivity contribution in [1.82, 2.24) is 0 Å². The second-order valence-electron chi connectivity index (χ2n) is 19.2. The minimum absolute atomic E-state index is 0.0657. The molecule has 0 N–H and O–H groups in total. The summed E-state index contributed by atoms with van der Waals surface area (Å²) in [5.41, 5.74) is 0. The Kier molecular flexibility index (Phi) is 42.3. The third-order valence-electron chi connectivity index (χ3n) is 11.6. The van der Waals surface area contributed by atoms with Crippen molar-refractivity contribution in [2.45, 2.75) is 285 Å². The zero-order valence-electron chi connectivity index (χ0n) is 39.8. The molecule has 0 radical (unpaired) electrons. The maximum Gasteiger partial charge on any atom is 0.306 e. The van der Waals surface area contributed by atoms with Gasteiger partial charge in [0.2, 0.25) is 0 Å². The Hall–Kier alpha value is -1.59. The van der Waals surface area contributed by atoms with Crippen LogP contribution in [0.5, 0.6) is 0 Å². The van der Waals surface area contributed by atoms with Crippen LogP contribution in [0, 0.1) is 17.8 Å². The Bertz CT molecular complexity index is 898. The maximum atomic E-state index is 12.7. The van der Waals surface area contributed by atoms with Crippen LogP contribution in [-0.4, -0.2) is 37.2 Å². The van der Waals surface area contributed by atoms with Gasteiger partial charge in [0, 0.05) is 19.3 Å². The van der Waals surface area contributed by atoms with Crippen molar-refractivity contribution in [2.75, 3.05) is 13.2 Å². The zero-order valence-corrected chi connectivity index (χ0v) is 39.8. The molecule has 6 heteroatoms. The molecule has 0 unspecified atom stereocenters. The first-order valence-corrected chi connectivity index (χ1v) is 25.6. The van der Waals surface area contributed by atoms with E-state index in [4.69, 9.17) is 14.2 Å². The number of hydrogen-bond donors (Lipinski definition) is 0. The minimum Gasteiger partial charge on any atom is -0.462 e. The van der Waals surface area contributed by atoms with Gasteiger partial charge in [0.1, 0.15) is 13.2 Å². The second kappa shape index (κ2) is 43.5. The molecule has 0 heterocycles. The molecule has 0 saturated carbocycles. The van der Waals surface area contributed by atoms with Gasteiger partial charge < -0.3 is 14.2 Å². The standard InChI is InChI=1S/C52H100O6/c1-46(2)38-32-26-20-16-12-10-8-7-9-11-13-18-22-29-35-41-50(53)56-44-49(58-52(55)43-37-31-25-24-28-34-40-48(5)6)45-57-51(54)42-36-30-23-19-15-14-17-21-27-33-39-47(3)4/h46-49H,7-45H2,1-6H3/t49-/m1/s1. The van der Waals surface area contributed by atoms with E-state index in [0.717, 1.165) is 75.5 Å². The number of carbonyl (C=O) groups is 3. The van der Waals surface area contributed by atoms with Crippen LogP contribution >= 0.6 is 0 Å². The molecule has 58 heavy (non-hydrogen) atoms. The van der Waals surface area contributed by atoms with Gasteiger partial charge in [-0.25, -0.2) is 0 Å². The molecule has 0 fully saturated rings. The van der Waals surface area contributed by atoms with E-state index in [1.165, 1.54) is 161 Å². The van der Waals surface area contributed by atoms with Gasteiger partial charge in [0.25, 0.3) is 0 Å². The Morgan fingerprint density at radius 1 is 0.293 bits per heavy atom. The van der Waals surface area contributed by atoms with Crippen molar-refractivity contribution in [3.05, 3.63) is 0 Å². The van der Waals surface area contributed by atoms with Crippen molar-refractivity contribution in [1.29, 1.82) is 0 Å². The van der Waals surface area contributed by atoms with E-state index in [9.17, 15) is 14.4 Å². The highest BCUT2D eigenvalue weighted by Gasteiger charge is 2.19. The molecule has 0 aromatic heterocycles. The summed E-state index contributed by atoms with van der Waals surface area (Å²) in [5, 5.41) is 0. The van der Waals surface area contributed by atoms with E-state index in [1.807, 2.05) is 0 Å². The molecule has 0 rings (SSSR count). The fraction of sp³-hybridized carbons (Fsp3) is 0.942. The van der Waals surface area contributed by atoms with Crippen LogP contribution in [0.25, 0.3) is 0 Å². The van der Waals surface area contributed by atoms with Gasteiger partial charge in [-0.15, -0.1) is 0 Å². The average Bonchev–Trinajstić information content (AvgIpc) is 3.18. The number of unbranched alkanes of at least 4 members (excludes halogenated alkanes) is 28. The highest BCUT2D eigenvalue weighted by atomic mass is 16.6. The van der Waals surface area contributed by atoms with E-state index < -0.39 is 6.10 Å². The highest BCUT2D eigenvalue weighted by Crippen LogP contribution is 2.17. The first kappa shape index (κ1) is 56.4. The molecule has 0 aliphatic rings. The minimum atomic E-state index is -0.763. The van der Waals surface area contributed by atoms with Crippen LogP contribution in [0.3, 0.4) is 0 Å². The van der Waals surface area contributed by atoms with Crippen LogP contribution in [0.2, 0.25) is 0 Å². The summed E-state index contributed by atoms with van der Waals surface area (Å²) in [7, 11) is 0. The topological polar surface area (TPSA) is 78.9 Å². The van der Waals surface area contributed by atoms with Crippen molar-refractivity contribution in [2.24, 2.45) is 17.8 Å². The van der Waals surface area contributed by atoms with Crippen LogP contribution in [-0.2, 0) is 28.6 Å². The van der Waals surface area contributed by atoms with Gasteiger partial charge in [0.15, 0.2) is 6.10 Å². The van der Waals surface area contributed by atoms with Crippen LogP contribution in [0.1, 0.15) is 279 Å². The lowest BCUT2D eigenvalue weighted by atomic mass is 10.0. The van der Waals surface area contributed by atoms with Gasteiger partial charge in [-0.05, 0) is 37.0 Å². The summed E-state index contributed by atoms with van der Waals surface area (Å²) in [6.45, 7) is 13.6. The van der Waals surface area contributed by atoms with Gasteiger partial charge in [-0.2, -0.15) is 0 Å². The highest BCUT2D eigenvalue weighted by molar-refractivity contribution is 5.71. The SMILES string of the molecule is CC(C)CCCCCCCCCCCCCCCCCC(=O)OC[C@H](COC(=O)CCCCCCCCCCCCC(C)C)OC(=O)CCCCCCCCC(C)C. The molecule has 0 aromatic carbocycles. The number of hydrogen-bond acceptors (Lipinski definition) is 6. The fourth-order valence-electron chi connectivity index (χ4n) is 7.76.